The lowest BCUT2D eigenvalue weighted by Crippen LogP contribution is -2.19. The van der Waals surface area contributed by atoms with E-state index in [-0.39, 0.29) is 27.7 Å². The van der Waals surface area contributed by atoms with Crippen LogP contribution >= 0.6 is 11.8 Å². The largest absolute Gasteiger partial charge is 0.419 e. The van der Waals surface area contributed by atoms with Gasteiger partial charge in [0, 0.05) is 5.75 Å². The van der Waals surface area contributed by atoms with Gasteiger partial charge in [-0.25, -0.2) is 14.2 Å². The molecule has 0 bridgehead atoms. The normalized spacial score (nSPS) is 11.6. The van der Waals surface area contributed by atoms with Crippen LogP contribution in [-0.4, -0.2) is 19.6 Å². The zero-order chi connectivity index (χ0) is 18.2. The van der Waals surface area contributed by atoms with E-state index in [1.54, 1.807) is 0 Å². The van der Waals surface area contributed by atoms with Crippen LogP contribution in [0.4, 0.5) is 17.6 Å². The molecule has 0 saturated heterocycles. The minimum Gasteiger partial charge on any atom is -0.285 e. The first-order chi connectivity index (χ1) is 11.8. The topological polar surface area (TPSA) is 86.8 Å². The Morgan fingerprint density at radius 3 is 2.80 bits per heavy atom. The van der Waals surface area contributed by atoms with E-state index in [4.69, 9.17) is 5.26 Å². The zero-order valence-electron chi connectivity index (χ0n) is 12.1. The lowest BCUT2D eigenvalue weighted by atomic mass is 10.1. The predicted octanol–water partition coefficient (Wildman–Crippen LogP) is 2.74. The van der Waals surface area contributed by atoms with Crippen LogP contribution in [0.5, 0.6) is 0 Å². The molecule has 0 aliphatic carbocycles. The maximum absolute atomic E-state index is 13.3. The van der Waals surface area contributed by atoms with Crippen molar-refractivity contribution in [2.45, 2.75) is 17.1 Å². The molecule has 0 aliphatic rings. The van der Waals surface area contributed by atoms with Crippen LogP contribution in [0.1, 0.15) is 16.7 Å². The highest BCUT2D eigenvalue weighted by molar-refractivity contribution is 7.98. The van der Waals surface area contributed by atoms with Crippen LogP contribution in [0, 0.1) is 17.1 Å². The van der Waals surface area contributed by atoms with Crippen molar-refractivity contribution in [1.82, 2.24) is 19.6 Å². The molecule has 0 atom stereocenters. The summed E-state index contributed by atoms with van der Waals surface area (Å²) in [6, 6.07) is 4.50. The van der Waals surface area contributed by atoms with Crippen LogP contribution in [0.3, 0.4) is 0 Å². The number of benzene rings is 1. The van der Waals surface area contributed by atoms with Crippen LogP contribution in [0.15, 0.2) is 34.3 Å². The maximum atomic E-state index is 13.3. The Bertz CT molecular complexity index is 1050. The van der Waals surface area contributed by atoms with Crippen LogP contribution in [0.25, 0.3) is 5.65 Å². The van der Waals surface area contributed by atoms with Crippen LogP contribution in [-0.2, 0) is 11.9 Å². The monoisotopic (exact) mass is 369 g/mol. The summed E-state index contributed by atoms with van der Waals surface area (Å²) in [7, 11) is 0. The average molecular weight is 369 g/mol. The van der Waals surface area contributed by atoms with Gasteiger partial charge in [0.1, 0.15) is 17.4 Å². The second kappa shape index (κ2) is 6.21. The lowest BCUT2D eigenvalue weighted by molar-refractivity contribution is -0.140. The number of H-pyrrole nitrogens is 1. The molecule has 0 radical (unpaired) electrons. The smallest absolute Gasteiger partial charge is 0.285 e. The second-order valence-electron chi connectivity index (χ2n) is 4.85. The fraction of sp³-hybridized carbons (Fsp3) is 0.143. The summed E-state index contributed by atoms with van der Waals surface area (Å²) in [4.78, 5) is 18.3. The maximum Gasteiger partial charge on any atom is 0.419 e. The van der Waals surface area contributed by atoms with E-state index in [9.17, 15) is 22.4 Å². The van der Waals surface area contributed by atoms with Crippen molar-refractivity contribution in [3.8, 4) is 6.07 Å². The summed E-state index contributed by atoms with van der Waals surface area (Å²) in [5.41, 5.74) is -1.65. The van der Waals surface area contributed by atoms with E-state index in [2.05, 4.69) is 15.1 Å². The summed E-state index contributed by atoms with van der Waals surface area (Å²) in [5.74, 6) is -1.34. The molecule has 2 heterocycles. The molecule has 3 rings (SSSR count). The van der Waals surface area contributed by atoms with Gasteiger partial charge in [-0.15, -0.1) is 0 Å². The molecule has 1 aromatic carbocycles. The molecule has 3 aromatic rings. The van der Waals surface area contributed by atoms with E-state index in [1.165, 1.54) is 12.3 Å². The third kappa shape index (κ3) is 3.34. The number of alkyl halides is 3. The summed E-state index contributed by atoms with van der Waals surface area (Å²) in [6.45, 7) is 0. The molecule has 0 saturated carbocycles. The summed E-state index contributed by atoms with van der Waals surface area (Å²) >= 11 is 0.943. The molecule has 0 amide bonds. The van der Waals surface area contributed by atoms with Gasteiger partial charge in [0.15, 0.2) is 10.8 Å². The Morgan fingerprint density at radius 1 is 1.36 bits per heavy atom. The van der Waals surface area contributed by atoms with Crippen molar-refractivity contribution in [1.29, 1.82) is 5.26 Å². The zero-order valence-corrected chi connectivity index (χ0v) is 13.0. The number of halogens is 4. The Hall–Kier alpha value is -2.87. The molecule has 128 valence electrons. The first-order valence-electron chi connectivity index (χ1n) is 6.66. The second-order valence-corrected chi connectivity index (χ2v) is 5.82. The number of nitriles is 1. The number of thioether (sulfide) groups is 1. The minimum absolute atomic E-state index is 0.0124. The van der Waals surface area contributed by atoms with E-state index in [1.807, 2.05) is 6.07 Å². The Morgan fingerprint density at radius 2 is 2.12 bits per heavy atom. The minimum atomic E-state index is -4.80. The predicted molar refractivity (Wildman–Crippen MR) is 79.3 cm³/mol. The molecule has 25 heavy (non-hydrogen) atoms. The van der Waals surface area contributed by atoms with E-state index < -0.39 is 23.2 Å². The van der Waals surface area contributed by atoms with Gasteiger partial charge in [-0.2, -0.15) is 28.0 Å². The van der Waals surface area contributed by atoms with E-state index in [0.717, 1.165) is 22.3 Å². The van der Waals surface area contributed by atoms with Gasteiger partial charge >= 0.3 is 11.9 Å². The first kappa shape index (κ1) is 17.0. The van der Waals surface area contributed by atoms with Crippen molar-refractivity contribution < 1.29 is 17.6 Å². The fourth-order valence-corrected chi connectivity index (χ4v) is 2.84. The summed E-state index contributed by atoms with van der Waals surface area (Å²) in [6.07, 6.45) is -3.61. The molecule has 0 aliphatic heterocycles. The van der Waals surface area contributed by atoms with Gasteiger partial charge in [-0.3, -0.25) is 4.98 Å². The lowest BCUT2D eigenvalue weighted by Gasteiger charge is -2.09. The van der Waals surface area contributed by atoms with Crippen LogP contribution < -0.4 is 5.69 Å². The van der Waals surface area contributed by atoms with Crippen molar-refractivity contribution in [3.63, 3.8) is 0 Å². The fourth-order valence-electron chi connectivity index (χ4n) is 2.05. The molecule has 1 N–H and O–H groups in total. The third-order valence-corrected chi connectivity index (χ3v) is 4.13. The number of rotatable bonds is 3. The van der Waals surface area contributed by atoms with Crippen molar-refractivity contribution >= 4 is 17.4 Å². The van der Waals surface area contributed by atoms with Crippen molar-refractivity contribution in [2.24, 2.45) is 0 Å². The van der Waals surface area contributed by atoms with Crippen LogP contribution in [0.2, 0.25) is 0 Å². The van der Waals surface area contributed by atoms with Gasteiger partial charge in [0.25, 0.3) is 0 Å². The number of nitrogens with zero attached hydrogens (tertiary/aromatic N) is 4. The van der Waals surface area contributed by atoms with Gasteiger partial charge in [-0.1, -0.05) is 17.8 Å². The molecule has 0 unspecified atom stereocenters. The summed E-state index contributed by atoms with van der Waals surface area (Å²) < 4.78 is 52.3. The molecule has 2 aromatic heterocycles. The number of hydrogen-bond acceptors (Lipinski definition) is 5. The van der Waals surface area contributed by atoms with Gasteiger partial charge in [0.2, 0.25) is 0 Å². The van der Waals surface area contributed by atoms with Crippen molar-refractivity contribution in [3.05, 3.63) is 57.4 Å². The Labute approximate surface area is 141 Å². The number of aromatic amines is 1. The molecular formula is C14H7F4N5OS. The third-order valence-electron chi connectivity index (χ3n) is 3.19. The first-order valence-corrected chi connectivity index (χ1v) is 7.64. The van der Waals surface area contributed by atoms with Gasteiger partial charge in [0.05, 0.1) is 11.8 Å². The number of nitrogens with one attached hydrogen (secondary N) is 1. The van der Waals surface area contributed by atoms with Gasteiger partial charge in [-0.05, 0) is 17.7 Å². The average Bonchev–Trinajstić information content (AvgIpc) is 2.96. The molecule has 6 nitrogen and oxygen atoms in total. The van der Waals surface area contributed by atoms with E-state index >= 15 is 0 Å². The Balaban J connectivity index is 1.88. The molecule has 11 heteroatoms. The number of aromatic nitrogens is 4. The highest BCUT2D eigenvalue weighted by atomic mass is 32.2. The van der Waals surface area contributed by atoms with Crippen molar-refractivity contribution in [2.75, 3.05) is 0 Å². The molecule has 0 spiro atoms. The molecular weight excluding hydrogens is 362 g/mol. The van der Waals surface area contributed by atoms with E-state index in [0.29, 0.717) is 6.07 Å². The standard InChI is InChI=1S/C14H7F4N5OS/c15-10-2-1-7(3-9(10)14(16,17)18)6-25-12-21-11-8(4-19)5-20-23(11)13(24)22-12/h1-3,5H,6H2,(H,21,22,24). The highest BCUT2D eigenvalue weighted by Crippen LogP contribution is 2.33. The molecule has 0 fully saturated rings. The quantitative estimate of drug-likeness (QED) is 0.567. The number of fused-ring (bicyclic) bond motifs is 1. The number of hydrogen-bond donors (Lipinski definition) is 1. The highest BCUT2D eigenvalue weighted by Gasteiger charge is 2.34. The van der Waals surface area contributed by atoms with Gasteiger partial charge < -0.3 is 0 Å². The summed E-state index contributed by atoms with van der Waals surface area (Å²) in [5, 5.41) is 12.8. The Kier molecular flexibility index (Phi) is 4.22. The SMILES string of the molecule is N#Cc1cnn2c(=O)[nH]c(SCc3ccc(F)c(C(F)(F)F)c3)nc12.